The first-order valence-electron chi connectivity index (χ1n) is 10.0. The molecule has 8 nitrogen and oxygen atoms in total. The van der Waals surface area contributed by atoms with Gasteiger partial charge in [-0.25, -0.2) is 9.78 Å². The van der Waals surface area contributed by atoms with Crippen LogP contribution in [0.4, 0.5) is 11.4 Å². The summed E-state index contributed by atoms with van der Waals surface area (Å²) in [6.07, 6.45) is 3.10. The minimum atomic E-state index is -0.467. The summed E-state index contributed by atoms with van der Waals surface area (Å²) in [7, 11) is 3.93. The maximum absolute atomic E-state index is 13.0. The Kier molecular flexibility index (Phi) is 6.76. The summed E-state index contributed by atoms with van der Waals surface area (Å²) in [5.41, 5.74) is 8.00. The molecule has 0 radical (unpaired) electrons. The molecule has 1 aromatic heterocycles. The fourth-order valence-electron chi connectivity index (χ4n) is 3.34. The molecule has 0 atom stereocenters. The summed E-state index contributed by atoms with van der Waals surface area (Å²) in [6.45, 7) is 3.09. The zero-order valence-corrected chi connectivity index (χ0v) is 17.6. The number of hydrogen-bond donors (Lipinski definition) is 1. The molecule has 2 N–H and O–H groups in total. The van der Waals surface area contributed by atoms with Gasteiger partial charge in [-0.05, 0) is 31.2 Å². The number of amides is 1. The monoisotopic (exact) mass is 412 g/mol. The lowest BCUT2D eigenvalue weighted by Gasteiger charge is -2.32. The standard InChI is InChI=1S/C22H28N4O4/c1-4-29-22(28)15-5-6-19(23)18(13-15)21(27)26-11-8-17(9-12-26)30-20-14-16(25(2)3)7-10-24-20/h5-7,10,13-14,17H,4,8-9,11-12,23H2,1-3H3. The molecule has 0 unspecified atom stereocenters. The molecule has 1 aromatic carbocycles. The summed E-state index contributed by atoms with van der Waals surface area (Å²) in [4.78, 5) is 33.0. The highest BCUT2D eigenvalue weighted by molar-refractivity contribution is 6.02. The summed E-state index contributed by atoms with van der Waals surface area (Å²) in [5.74, 6) is -0.0756. The van der Waals surface area contributed by atoms with E-state index in [1.807, 2.05) is 31.1 Å². The van der Waals surface area contributed by atoms with Gasteiger partial charge in [0.2, 0.25) is 5.88 Å². The van der Waals surface area contributed by atoms with Crippen molar-refractivity contribution in [2.75, 3.05) is 44.4 Å². The zero-order chi connectivity index (χ0) is 21.7. The Morgan fingerprint density at radius 1 is 1.20 bits per heavy atom. The Morgan fingerprint density at radius 3 is 2.60 bits per heavy atom. The van der Waals surface area contributed by atoms with Crippen molar-refractivity contribution in [2.24, 2.45) is 0 Å². The molecular weight excluding hydrogens is 384 g/mol. The first-order valence-corrected chi connectivity index (χ1v) is 10.0. The van der Waals surface area contributed by atoms with Crippen molar-refractivity contribution in [3.63, 3.8) is 0 Å². The van der Waals surface area contributed by atoms with Gasteiger partial charge in [0.15, 0.2) is 0 Å². The third kappa shape index (κ3) is 5.00. The molecule has 1 fully saturated rings. The molecule has 30 heavy (non-hydrogen) atoms. The van der Waals surface area contributed by atoms with Gasteiger partial charge >= 0.3 is 5.97 Å². The number of pyridine rings is 1. The third-order valence-electron chi connectivity index (χ3n) is 5.05. The number of carbonyl (C=O) groups excluding carboxylic acids is 2. The maximum atomic E-state index is 13.0. The summed E-state index contributed by atoms with van der Waals surface area (Å²) in [6, 6.07) is 8.47. The number of anilines is 2. The second kappa shape index (κ2) is 9.47. The van der Waals surface area contributed by atoms with Gasteiger partial charge in [0, 0.05) is 63.7 Å². The molecule has 8 heteroatoms. The number of benzene rings is 1. The smallest absolute Gasteiger partial charge is 0.338 e. The Balaban J connectivity index is 1.62. The highest BCUT2D eigenvalue weighted by atomic mass is 16.5. The van der Waals surface area contributed by atoms with Crippen LogP contribution in [0.5, 0.6) is 5.88 Å². The van der Waals surface area contributed by atoms with Crippen LogP contribution in [0.2, 0.25) is 0 Å². The van der Waals surface area contributed by atoms with E-state index in [2.05, 4.69) is 4.98 Å². The van der Waals surface area contributed by atoms with Crippen LogP contribution in [0.3, 0.4) is 0 Å². The van der Waals surface area contributed by atoms with E-state index in [-0.39, 0.29) is 18.6 Å². The summed E-state index contributed by atoms with van der Waals surface area (Å²) in [5, 5.41) is 0. The second-order valence-electron chi connectivity index (χ2n) is 7.38. The molecule has 0 saturated carbocycles. The van der Waals surface area contributed by atoms with Crippen LogP contribution in [0.15, 0.2) is 36.5 Å². The minimum absolute atomic E-state index is 0.0119. The van der Waals surface area contributed by atoms with Gasteiger partial charge in [-0.15, -0.1) is 0 Å². The van der Waals surface area contributed by atoms with Crippen molar-refractivity contribution in [3.05, 3.63) is 47.7 Å². The summed E-state index contributed by atoms with van der Waals surface area (Å²) >= 11 is 0. The second-order valence-corrected chi connectivity index (χ2v) is 7.38. The van der Waals surface area contributed by atoms with Gasteiger partial charge in [-0.3, -0.25) is 4.79 Å². The van der Waals surface area contributed by atoms with Crippen molar-refractivity contribution < 1.29 is 19.1 Å². The highest BCUT2D eigenvalue weighted by Crippen LogP contribution is 2.23. The van der Waals surface area contributed by atoms with E-state index in [9.17, 15) is 9.59 Å². The predicted octanol–water partition coefficient (Wildman–Crippen LogP) is 2.59. The first-order chi connectivity index (χ1) is 14.4. The molecule has 2 heterocycles. The van der Waals surface area contributed by atoms with E-state index >= 15 is 0 Å². The van der Waals surface area contributed by atoms with Crippen molar-refractivity contribution in [2.45, 2.75) is 25.9 Å². The van der Waals surface area contributed by atoms with E-state index in [4.69, 9.17) is 15.2 Å². The zero-order valence-electron chi connectivity index (χ0n) is 17.6. The van der Waals surface area contributed by atoms with Crippen LogP contribution < -0.4 is 15.4 Å². The average Bonchev–Trinajstić information content (AvgIpc) is 2.74. The summed E-state index contributed by atoms with van der Waals surface area (Å²) < 4.78 is 11.0. The Hall–Kier alpha value is -3.29. The molecule has 3 rings (SSSR count). The Labute approximate surface area is 176 Å². The topological polar surface area (TPSA) is 98.0 Å². The number of rotatable bonds is 6. The molecule has 1 aliphatic rings. The number of hydrogen-bond acceptors (Lipinski definition) is 7. The number of nitrogens with two attached hydrogens (primary N) is 1. The van der Waals surface area contributed by atoms with Crippen LogP contribution >= 0.6 is 0 Å². The Morgan fingerprint density at radius 2 is 1.93 bits per heavy atom. The third-order valence-corrected chi connectivity index (χ3v) is 5.05. The predicted molar refractivity (Wildman–Crippen MR) is 115 cm³/mol. The van der Waals surface area contributed by atoms with Gasteiger partial charge in [0.1, 0.15) is 6.10 Å². The maximum Gasteiger partial charge on any atom is 0.338 e. The van der Waals surface area contributed by atoms with Crippen LogP contribution in [-0.2, 0) is 4.74 Å². The van der Waals surface area contributed by atoms with Crippen molar-refractivity contribution in [1.82, 2.24) is 9.88 Å². The number of aromatic nitrogens is 1. The molecule has 1 aliphatic heterocycles. The van der Waals surface area contributed by atoms with Gasteiger partial charge < -0.3 is 25.0 Å². The van der Waals surface area contributed by atoms with E-state index < -0.39 is 5.97 Å². The van der Waals surface area contributed by atoms with E-state index in [0.717, 1.165) is 5.69 Å². The fraction of sp³-hybridized carbons (Fsp3) is 0.409. The molecular formula is C22H28N4O4. The van der Waals surface area contributed by atoms with Gasteiger partial charge in [0.25, 0.3) is 5.91 Å². The number of carbonyl (C=O) groups is 2. The van der Waals surface area contributed by atoms with Crippen LogP contribution in [0.25, 0.3) is 0 Å². The SMILES string of the molecule is CCOC(=O)c1ccc(N)c(C(=O)N2CCC(Oc3cc(N(C)C)ccn3)CC2)c1. The van der Waals surface area contributed by atoms with E-state index in [0.29, 0.717) is 48.6 Å². The molecule has 1 amide bonds. The van der Waals surface area contributed by atoms with Gasteiger partial charge in [-0.1, -0.05) is 0 Å². The number of ether oxygens (including phenoxy) is 2. The Bertz CT molecular complexity index is 908. The number of likely N-dealkylation sites (tertiary alicyclic amines) is 1. The van der Waals surface area contributed by atoms with Gasteiger partial charge in [-0.2, -0.15) is 0 Å². The number of esters is 1. The van der Waals surface area contributed by atoms with Crippen molar-refractivity contribution >= 4 is 23.3 Å². The fourth-order valence-corrected chi connectivity index (χ4v) is 3.34. The number of nitrogen functional groups attached to an aromatic ring is 1. The number of piperidine rings is 1. The van der Waals surface area contributed by atoms with Crippen molar-refractivity contribution in [3.8, 4) is 5.88 Å². The molecule has 0 aliphatic carbocycles. The highest BCUT2D eigenvalue weighted by Gasteiger charge is 2.26. The molecule has 1 saturated heterocycles. The average molecular weight is 412 g/mol. The van der Waals surface area contributed by atoms with E-state index in [1.165, 1.54) is 6.07 Å². The lowest BCUT2D eigenvalue weighted by molar-refractivity contribution is 0.0526. The first kappa shape index (κ1) is 21.4. The molecule has 0 bridgehead atoms. The minimum Gasteiger partial charge on any atom is -0.474 e. The quantitative estimate of drug-likeness (QED) is 0.575. The van der Waals surface area contributed by atoms with Crippen molar-refractivity contribution in [1.29, 1.82) is 0 Å². The van der Waals surface area contributed by atoms with E-state index in [1.54, 1.807) is 30.2 Å². The largest absolute Gasteiger partial charge is 0.474 e. The van der Waals surface area contributed by atoms with Crippen LogP contribution in [0, 0.1) is 0 Å². The lowest BCUT2D eigenvalue weighted by atomic mass is 10.0. The van der Waals surface area contributed by atoms with Crippen LogP contribution in [0.1, 0.15) is 40.5 Å². The van der Waals surface area contributed by atoms with Crippen LogP contribution in [-0.4, -0.2) is 61.7 Å². The lowest BCUT2D eigenvalue weighted by Crippen LogP contribution is -2.42. The van der Waals surface area contributed by atoms with Gasteiger partial charge in [0.05, 0.1) is 17.7 Å². The number of nitrogens with zero attached hydrogens (tertiary/aromatic N) is 3. The molecule has 160 valence electrons. The molecule has 2 aromatic rings. The molecule has 0 spiro atoms. The normalized spacial score (nSPS) is 14.3.